The number of carbonyl (C=O) groups excluding carboxylic acids is 2. The van der Waals surface area contributed by atoms with E-state index in [0.29, 0.717) is 19.8 Å². The fraction of sp³-hybridized carbons (Fsp3) is 0.417. The fourth-order valence-corrected chi connectivity index (χ4v) is 4.51. The maximum atomic E-state index is 12.8. The molecule has 1 aliphatic heterocycles. The number of hydrogen-bond donors (Lipinski definition) is 2. The Morgan fingerprint density at radius 3 is 2.55 bits per heavy atom. The topological polar surface area (TPSA) is 120 Å². The molecule has 0 spiro atoms. The Bertz CT molecular complexity index is 1060. The standard InChI is InChI=1S/C24H27N3O6/c1-16(26-23(29)17-5-4-6-19(13-17)27(30)31)22(28)25-15-24(9-2-3-10-24)18-7-8-20-21(14-18)33-12-11-32-20/h4-8,13-14,16H,2-3,9-12,15H2,1H3,(H,25,28)(H,26,29). The summed E-state index contributed by atoms with van der Waals surface area (Å²) in [4.78, 5) is 35.6. The van der Waals surface area contributed by atoms with E-state index in [4.69, 9.17) is 9.47 Å². The molecule has 0 saturated heterocycles. The summed E-state index contributed by atoms with van der Waals surface area (Å²) in [6.45, 7) is 3.09. The predicted octanol–water partition coefficient (Wildman–Crippen LogP) is 3.11. The Kier molecular flexibility index (Phi) is 6.48. The van der Waals surface area contributed by atoms with Crippen molar-refractivity contribution in [1.82, 2.24) is 10.6 Å². The van der Waals surface area contributed by atoms with Crippen molar-refractivity contribution in [3.05, 3.63) is 63.7 Å². The molecule has 2 amide bonds. The summed E-state index contributed by atoms with van der Waals surface area (Å²) in [5, 5.41) is 16.6. The van der Waals surface area contributed by atoms with E-state index in [-0.39, 0.29) is 22.6 Å². The molecule has 0 aromatic heterocycles. The molecule has 1 atom stereocenters. The van der Waals surface area contributed by atoms with Gasteiger partial charge in [-0.2, -0.15) is 0 Å². The van der Waals surface area contributed by atoms with Crippen LogP contribution in [0.25, 0.3) is 0 Å². The molecule has 1 saturated carbocycles. The number of non-ortho nitro benzene ring substituents is 1. The molecule has 1 aliphatic carbocycles. The van der Waals surface area contributed by atoms with Gasteiger partial charge < -0.3 is 20.1 Å². The van der Waals surface area contributed by atoms with Crippen LogP contribution >= 0.6 is 0 Å². The van der Waals surface area contributed by atoms with Crippen molar-refractivity contribution < 1.29 is 24.0 Å². The number of hydrogen-bond acceptors (Lipinski definition) is 6. The van der Waals surface area contributed by atoms with E-state index in [1.165, 1.54) is 24.3 Å². The average molecular weight is 453 g/mol. The van der Waals surface area contributed by atoms with Crippen LogP contribution in [0.15, 0.2) is 42.5 Å². The number of benzene rings is 2. The number of fused-ring (bicyclic) bond motifs is 1. The first kappa shape index (κ1) is 22.6. The van der Waals surface area contributed by atoms with Gasteiger partial charge in [-0.1, -0.05) is 25.0 Å². The maximum Gasteiger partial charge on any atom is 0.270 e. The molecule has 9 heteroatoms. The van der Waals surface area contributed by atoms with Gasteiger partial charge in [-0.3, -0.25) is 19.7 Å². The molecule has 2 aromatic rings. The second-order valence-corrected chi connectivity index (χ2v) is 8.57. The van der Waals surface area contributed by atoms with Crippen molar-refractivity contribution in [3.63, 3.8) is 0 Å². The zero-order chi connectivity index (χ0) is 23.4. The van der Waals surface area contributed by atoms with E-state index in [1.54, 1.807) is 6.92 Å². The highest BCUT2D eigenvalue weighted by Gasteiger charge is 2.37. The quantitative estimate of drug-likeness (QED) is 0.491. The summed E-state index contributed by atoms with van der Waals surface area (Å²) in [5.41, 5.74) is 0.863. The zero-order valence-electron chi connectivity index (χ0n) is 18.5. The van der Waals surface area contributed by atoms with Crippen molar-refractivity contribution >= 4 is 17.5 Å². The summed E-state index contributed by atoms with van der Waals surface area (Å²) >= 11 is 0. The van der Waals surface area contributed by atoms with E-state index in [9.17, 15) is 19.7 Å². The zero-order valence-corrected chi connectivity index (χ0v) is 18.5. The lowest BCUT2D eigenvalue weighted by Gasteiger charge is -2.32. The molecule has 9 nitrogen and oxygen atoms in total. The van der Waals surface area contributed by atoms with Crippen LogP contribution in [0.4, 0.5) is 5.69 Å². The number of carbonyl (C=O) groups is 2. The Balaban J connectivity index is 1.40. The Labute approximate surface area is 191 Å². The van der Waals surface area contributed by atoms with Crippen LogP contribution in [0.5, 0.6) is 11.5 Å². The van der Waals surface area contributed by atoms with Crippen molar-refractivity contribution in [2.75, 3.05) is 19.8 Å². The van der Waals surface area contributed by atoms with Gasteiger partial charge >= 0.3 is 0 Å². The number of nitro groups is 1. The first-order valence-electron chi connectivity index (χ1n) is 11.1. The summed E-state index contributed by atoms with van der Waals surface area (Å²) in [6.07, 6.45) is 4.04. The van der Waals surface area contributed by atoms with Crippen molar-refractivity contribution in [3.8, 4) is 11.5 Å². The van der Waals surface area contributed by atoms with E-state index in [0.717, 1.165) is 42.7 Å². The molecule has 1 unspecified atom stereocenters. The van der Waals surface area contributed by atoms with Crippen molar-refractivity contribution in [2.45, 2.75) is 44.1 Å². The van der Waals surface area contributed by atoms with Gasteiger partial charge in [-0.15, -0.1) is 0 Å². The molecular weight excluding hydrogens is 426 g/mol. The van der Waals surface area contributed by atoms with Crippen LogP contribution in [0.2, 0.25) is 0 Å². The third kappa shape index (κ3) is 4.92. The highest BCUT2D eigenvalue weighted by atomic mass is 16.6. The highest BCUT2D eigenvalue weighted by molar-refractivity contribution is 5.97. The normalized spacial score (nSPS) is 17.1. The van der Waals surface area contributed by atoms with Gasteiger partial charge in [-0.05, 0) is 43.5 Å². The number of nitrogens with zero attached hydrogens (tertiary/aromatic N) is 1. The first-order valence-corrected chi connectivity index (χ1v) is 11.1. The predicted molar refractivity (Wildman–Crippen MR) is 121 cm³/mol. The smallest absolute Gasteiger partial charge is 0.270 e. The van der Waals surface area contributed by atoms with Gasteiger partial charge in [0, 0.05) is 29.7 Å². The molecular formula is C24H27N3O6. The van der Waals surface area contributed by atoms with Crippen LogP contribution in [0.3, 0.4) is 0 Å². The van der Waals surface area contributed by atoms with Gasteiger partial charge in [0.05, 0.1) is 4.92 Å². The number of ether oxygens (including phenoxy) is 2. The van der Waals surface area contributed by atoms with Crippen LogP contribution < -0.4 is 20.1 Å². The Morgan fingerprint density at radius 1 is 1.09 bits per heavy atom. The van der Waals surface area contributed by atoms with E-state index in [1.807, 2.05) is 18.2 Å². The SMILES string of the molecule is CC(NC(=O)c1cccc([N+](=O)[O-])c1)C(=O)NCC1(c2ccc3c(c2)OCCO3)CCCC1. The summed E-state index contributed by atoms with van der Waals surface area (Å²) in [6, 6.07) is 10.6. The molecule has 174 valence electrons. The minimum Gasteiger partial charge on any atom is -0.486 e. The van der Waals surface area contributed by atoms with Gasteiger partial charge in [0.1, 0.15) is 19.3 Å². The van der Waals surface area contributed by atoms with Gasteiger partial charge in [0.15, 0.2) is 11.5 Å². The van der Waals surface area contributed by atoms with Crippen LogP contribution in [-0.4, -0.2) is 42.5 Å². The third-order valence-corrected chi connectivity index (χ3v) is 6.38. The lowest BCUT2D eigenvalue weighted by atomic mass is 9.78. The van der Waals surface area contributed by atoms with Crippen LogP contribution in [0.1, 0.15) is 48.5 Å². The number of nitrogens with one attached hydrogen (secondary N) is 2. The van der Waals surface area contributed by atoms with Gasteiger partial charge in [0.25, 0.3) is 11.6 Å². The molecule has 33 heavy (non-hydrogen) atoms. The summed E-state index contributed by atoms with van der Waals surface area (Å²) in [5.74, 6) is 0.620. The van der Waals surface area contributed by atoms with E-state index in [2.05, 4.69) is 10.6 Å². The Morgan fingerprint density at radius 2 is 1.82 bits per heavy atom. The van der Waals surface area contributed by atoms with E-state index < -0.39 is 16.9 Å². The lowest BCUT2D eigenvalue weighted by Crippen LogP contribution is -2.48. The minimum absolute atomic E-state index is 0.132. The second-order valence-electron chi connectivity index (χ2n) is 8.57. The van der Waals surface area contributed by atoms with E-state index >= 15 is 0 Å². The summed E-state index contributed by atoms with van der Waals surface area (Å²) < 4.78 is 11.4. The fourth-order valence-electron chi connectivity index (χ4n) is 4.51. The molecule has 1 heterocycles. The van der Waals surface area contributed by atoms with Gasteiger partial charge in [-0.25, -0.2) is 0 Å². The van der Waals surface area contributed by atoms with Crippen molar-refractivity contribution in [2.24, 2.45) is 0 Å². The van der Waals surface area contributed by atoms with Crippen LogP contribution in [0, 0.1) is 10.1 Å². The third-order valence-electron chi connectivity index (χ3n) is 6.38. The molecule has 4 rings (SSSR count). The molecule has 2 aliphatic rings. The number of rotatable bonds is 7. The minimum atomic E-state index is -0.796. The number of nitro benzene ring substituents is 1. The monoisotopic (exact) mass is 453 g/mol. The molecule has 0 radical (unpaired) electrons. The largest absolute Gasteiger partial charge is 0.486 e. The van der Waals surface area contributed by atoms with Crippen molar-refractivity contribution in [1.29, 1.82) is 0 Å². The molecule has 2 N–H and O–H groups in total. The Hall–Kier alpha value is -3.62. The first-order chi connectivity index (χ1) is 15.9. The number of amides is 2. The maximum absolute atomic E-state index is 12.8. The molecule has 1 fully saturated rings. The van der Waals surface area contributed by atoms with Gasteiger partial charge in [0.2, 0.25) is 5.91 Å². The lowest BCUT2D eigenvalue weighted by molar-refractivity contribution is -0.384. The summed E-state index contributed by atoms with van der Waals surface area (Å²) in [7, 11) is 0. The van der Waals surface area contributed by atoms with Crippen LogP contribution in [-0.2, 0) is 10.2 Å². The average Bonchev–Trinajstić information content (AvgIpc) is 3.32. The second kappa shape index (κ2) is 9.48. The molecule has 0 bridgehead atoms. The molecule has 2 aromatic carbocycles. The highest BCUT2D eigenvalue weighted by Crippen LogP contribution is 2.43.